The Bertz CT molecular complexity index is 550. The van der Waals surface area contributed by atoms with Gasteiger partial charge < -0.3 is 5.73 Å². The molecule has 0 aliphatic heterocycles. The van der Waals surface area contributed by atoms with Crippen molar-refractivity contribution in [1.29, 1.82) is 0 Å². The molecule has 0 aliphatic carbocycles. The number of H-pyrrole nitrogens is 1. The quantitative estimate of drug-likeness (QED) is 0.624. The minimum absolute atomic E-state index is 0.0661. The first-order valence-electron chi connectivity index (χ1n) is 6.12. The summed E-state index contributed by atoms with van der Waals surface area (Å²) in [5.41, 5.74) is 7.39. The lowest BCUT2D eigenvalue weighted by molar-refractivity contribution is 0.102. The Hall–Kier alpha value is -1.82. The number of aromatic nitrogens is 3. The number of rotatable bonds is 6. The summed E-state index contributed by atoms with van der Waals surface area (Å²) in [6.45, 7) is 2.14. The van der Waals surface area contributed by atoms with Crippen LogP contribution < -0.4 is 5.73 Å². The Morgan fingerprint density at radius 1 is 1.37 bits per heavy atom. The predicted molar refractivity (Wildman–Crippen MR) is 76.3 cm³/mol. The van der Waals surface area contributed by atoms with Crippen molar-refractivity contribution in [3.63, 3.8) is 0 Å². The summed E-state index contributed by atoms with van der Waals surface area (Å²) >= 11 is 1.28. The van der Waals surface area contributed by atoms with Crippen LogP contribution in [0.4, 0.5) is 5.95 Å². The van der Waals surface area contributed by atoms with Crippen LogP contribution in [-0.4, -0.2) is 26.7 Å². The highest BCUT2D eigenvalue weighted by Gasteiger charge is 2.09. The Morgan fingerprint density at radius 2 is 2.11 bits per heavy atom. The normalized spacial score (nSPS) is 10.6. The molecular weight excluding hydrogens is 260 g/mol. The highest BCUT2D eigenvalue weighted by molar-refractivity contribution is 7.99. The van der Waals surface area contributed by atoms with Crippen LogP contribution in [0.5, 0.6) is 0 Å². The van der Waals surface area contributed by atoms with Crippen molar-refractivity contribution in [2.75, 3.05) is 11.5 Å². The van der Waals surface area contributed by atoms with Gasteiger partial charge in [0.15, 0.2) is 5.78 Å². The van der Waals surface area contributed by atoms with E-state index in [0.29, 0.717) is 10.9 Å². The first-order chi connectivity index (χ1) is 9.19. The minimum Gasteiger partial charge on any atom is -0.368 e. The van der Waals surface area contributed by atoms with Gasteiger partial charge in [-0.25, -0.2) is 5.10 Å². The third-order valence-corrected chi connectivity index (χ3v) is 3.48. The number of nitrogens with zero attached hydrogens (tertiary/aromatic N) is 2. The predicted octanol–water partition coefficient (Wildman–Crippen LogP) is 2.31. The molecule has 0 amide bonds. The molecule has 1 heterocycles. The topological polar surface area (TPSA) is 84.7 Å². The number of nitrogen functional groups attached to an aromatic ring is 1. The van der Waals surface area contributed by atoms with Crippen molar-refractivity contribution >= 4 is 23.5 Å². The summed E-state index contributed by atoms with van der Waals surface area (Å²) in [7, 11) is 0. The summed E-state index contributed by atoms with van der Waals surface area (Å²) in [5, 5.41) is 6.90. The number of carbonyl (C=O) groups excluding carboxylic acids is 1. The van der Waals surface area contributed by atoms with E-state index >= 15 is 0 Å². The van der Waals surface area contributed by atoms with Crippen LogP contribution in [0.1, 0.15) is 29.3 Å². The standard InChI is InChI=1S/C13H16N4OS/c1-2-3-9-4-6-10(7-5-9)11(18)8-19-13-15-12(14)16-17-13/h4-7H,2-3,8H2,1H3,(H3,14,15,16,17). The Balaban J connectivity index is 1.92. The first kappa shape index (κ1) is 13.6. The van der Waals surface area contributed by atoms with Gasteiger partial charge in [0.25, 0.3) is 0 Å². The van der Waals surface area contributed by atoms with Gasteiger partial charge in [0, 0.05) is 5.56 Å². The van der Waals surface area contributed by atoms with E-state index in [4.69, 9.17) is 5.73 Å². The number of nitrogens with two attached hydrogens (primary N) is 1. The molecule has 1 aromatic carbocycles. The van der Waals surface area contributed by atoms with E-state index in [-0.39, 0.29) is 11.7 Å². The number of hydrogen-bond acceptors (Lipinski definition) is 5. The van der Waals surface area contributed by atoms with E-state index in [1.54, 1.807) is 0 Å². The van der Waals surface area contributed by atoms with Gasteiger partial charge in [-0.2, -0.15) is 4.98 Å². The molecule has 1 aromatic heterocycles. The minimum atomic E-state index is 0.0661. The fourth-order valence-corrected chi connectivity index (χ4v) is 2.38. The van der Waals surface area contributed by atoms with Crippen LogP contribution >= 0.6 is 11.8 Å². The third kappa shape index (κ3) is 3.82. The molecule has 0 atom stereocenters. The second kappa shape index (κ2) is 6.38. The van der Waals surface area contributed by atoms with E-state index < -0.39 is 0 Å². The summed E-state index contributed by atoms with van der Waals surface area (Å²) < 4.78 is 0. The first-order valence-corrected chi connectivity index (χ1v) is 7.10. The van der Waals surface area contributed by atoms with Gasteiger partial charge in [0.05, 0.1) is 5.75 Å². The molecule has 3 N–H and O–H groups in total. The summed E-state index contributed by atoms with van der Waals surface area (Å²) in [6, 6.07) is 7.76. The molecule has 0 saturated heterocycles. The molecule has 0 radical (unpaired) electrons. The second-order valence-corrected chi connectivity index (χ2v) is 5.10. The number of benzene rings is 1. The van der Waals surface area contributed by atoms with Gasteiger partial charge in [-0.05, 0) is 12.0 Å². The van der Waals surface area contributed by atoms with Crippen molar-refractivity contribution in [3.8, 4) is 0 Å². The van der Waals surface area contributed by atoms with E-state index in [1.165, 1.54) is 17.3 Å². The average Bonchev–Trinajstić information content (AvgIpc) is 2.83. The highest BCUT2D eigenvalue weighted by atomic mass is 32.2. The van der Waals surface area contributed by atoms with Gasteiger partial charge in [-0.15, -0.1) is 5.10 Å². The third-order valence-electron chi connectivity index (χ3n) is 2.63. The van der Waals surface area contributed by atoms with E-state index in [2.05, 4.69) is 22.1 Å². The summed E-state index contributed by atoms with van der Waals surface area (Å²) in [4.78, 5) is 15.9. The van der Waals surface area contributed by atoms with Crippen LogP contribution in [0.3, 0.4) is 0 Å². The zero-order valence-electron chi connectivity index (χ0n) is 10.7. The van der Waals surface area contributed by atoms with Gasteiger partial charge in [-0.1, -0.05) is 49.4 Å². The Morgan fingerprint density at radius 3 is 2.68 bits per heavy atom. The molecule has 0 saturated carbocycles. The number of thioether (sulfide) groups is 1. The number of anilines is 1. The number of carbonyl (C=O) groups is 1. The number of aromatic amines is 1. The van der Waals surface area contributed by atoms with Crippen LogP contribution in [0.25, 0.3) is 0 Å². The fourth-order valence-electron chi connectivity index (χ4n) is 1.68. The van der Waals surface area contributed by atoms with Crippen molar-refractivity contribution in [3.05, 3.63) is 35.4 Å². The second-order valence-electron chi connectivity index (χ2n) is 4.16. The number of aryl methyl sites for hydroxylation is 1. The molecule has 19 heavy (non-hydrogen) atoms. The van der Waals surface area contributed by atoms with Crippen LogP contribution in [0.2, 0.25) is 0 Å². The zero-order valence-corrected chi connectivity index (χ0v) is 11.5. The molecule has 0 aliphatic rings. The van der Waals surface area contributed by atoms with Crippen LogP contribution in [0.15, 0.2) is 29.4 Å². The van der Waals surface area contributed by atoms with E-state index in [1.807, 2.05) is 24.3 Å². The molecule has 2 rings (SSSR count). The lowest BCUT2D eigenvalue weighted by Crippen LogP contribution is -2.02. The molecule has 6 heteroatoms. The maximum atomic E-state index is 12.0. The van der Waals surface area contributed by atoms with Gasteiger partial charge in [0.1, 0.15) is 0 Å². The number of hydrogen-bond donors (Lipinski definition) is 2. The van der Waals surface area contributed by atoms with Gasteiger partial charge >= 0.3 is 0 Å². The van der Waals surface area contributed by atoms with Crippen molar-refractivity contribution in [2.24, 2.45) is 0 Å². The molecule has 100 valence electrons. The number of Topliss-reactive ketones (excluding diaryl/α,β-unsaturated/α-hetero) is 1. The maximum absolute atomic E-state index is 12.0. The molecule has 0 bridgehead atoms. The van der Waals surface area contributed by atoms with Crippen LogP contribution in [0, 0.1) is 0 Å². The smallest absolute Gasteiger partial charge is 0.216 e. The Kier molecular flexibility index (Phi) is 4.57. The van der Waals surface area contributed by atoms with E-state index in [0.717, 1.165) is 18.4 Å². The highest BCUT2D eigenvalue weighted by Crippen LogP contribution is 2.16. The van der Waals surface area contributed by atoms with Crippen molar-refractivity contribution in [1.82, 2.24) is 15.2 Å². The lowest BCUT2D eigenvalue weighted by Gasteiger charge is -2.02. The molecule has 0 fully saturated rings. The molecule has 5 nitrogen and oxygen atoms in total. The SMILES string of the molecule is CCCc1ccc(C(=O)CSc2n[nH]c(N)n2)cc1. The molecular formula is C13H16N4OS. The average molecular weight is 276 g/mol. The summed E-state index contributed by atoms with van der Waals surface area (Å²) in [6.07, 6.45) is 2.15. The van der Waals surface area contributed by atoms with Crippen molar-refractivity contribution in [2.45, 2.75) is 24.9 Å². The molecule has 0 spiro atoms. The molecule has 0 unspecified atom stereocenters. The largest absolute Gasteiger partial charge is 0.368 e. The lowest BCUT2D eigenvalue weighted by atomic mass is 10.1. The monoisotopic (exact) mass is 276 g/mol. The van der Waals surface area contributed by atoms with Gasteiger partial charge in [-0.3, -0.25) is 4.79 Å². The van der Waals surface area contributed by atoms with Gasteiger partial charge in [0.2, 0.25) is 11.1 Å². The van der Waals surface area contributed by atoms with Crippen molar-refractivity contribution < 1.29 is 4.79 Å². The maximum Gasteiger partial charge on any atom is 0.216 e. The fraction of sp³-hybridized carbons (Fsp3) is 0.308. The zero-order chi connectivity index (χ0) is 13.7. The number of ketones is 1. The van der Waals surface area contributed by atoms with E-state index in [9.17, 15) is 4.79 Å². The van der Waals surface area contributed by atoms with Crippen LogP contribution in [-0.2, 0) is 6.42 Å². The molecule has 2 aromatic rings. The summed E-state index contributed by atoms with van der Waals surface area (Å²) in [5.74, 6) is 0.639. The Labute approximate surface area is 116 Å². The number of nitrogens with one attached hydrogen (secondary N) is 1.